The first-order valence-corrected chi connectivity index (χ1v) is 17.1. The fraction of sp³-hybridized carbons (Fsp3) is 0.220. The molecule has 2 aromatic heterocycles. The summed E-state index contributed by atoms with van der Waals surface area (Å²) in [6.45, 7) is 2.56. The van der Waals surface area contributed by atoms with Crippen molar-refractivity contribution < 1.29 is 24.2 Å². The van der Waals surface area contributed by atoms with Gasteiger partial charge in [-0.25, -0.2) is 9.97 Å². The van der Waals surface area contributed by atoms with Gasteiger partial charge in [-0.2, -0.15) is 0 Å². The molecule has 0 aliphatic carbocycles. The van der Waals surface area contributed by atoms with Crippen molar-refractivity contribution in [3.63, 3.8) is 0 Å². The predicted molar refractivity (Wildman–Crippen MR) is 196 cm³/mol. The van der Waals surface area contributed by atoms with E-state index in [1.54, 1.807) is 24.3 Å². The van der Waals surface area contributed by atoms with Gasteiger partial charge in [0.25, 0.3) is 0 Å². The van der Waals surface area contributed by atoms with E-state index in [0.717, 1.165) is 52.2 Å². The summed E-state index contributed by atoms with van der Waals surface area (Å²) in [4.78, 5) is 34.8. The number of nitrogens with one attached hydrogen (secondary N) is 1. The van der Waals surface area contributed by atoms with Gasteiger partial charge in [-0.1, -0.05) is 86.1 Å². The fourth-order valence-electron chi connectivity index (χ4n) is 5.60. The number of ether oxygens (including phenoxy) is 2. The number of benzene rings is 4. The summed E-state index contributed by atoms with van der Waals surface area (Å²) in [7, 11) is 0. The van der Waals surface area contributed by atoms with Crippen LogP contribution in [0, 0.1) is 0 Å². The van der Waals surface area contributed by atoms with Crippen LogP contribution in [0.1, 0.15) is 54.3 Å². The zero-order valence-corrected chi connectivity index (χ0v) is 28.5. The highest BCUT2D eigenvalue weighted by molar-refractivity contribution is 5.96. The summed E-state index contributed by atoms with van der Waals surface area (Å²) in [5.41, 5.74) is 13.4. The Balaban J connectivity index is 1.27. The summed E-state index contributed by atoms with van der Waals surface area (Å²) < 4.78 is 13.7. The van der Waals surface area contributed by atoms with Gasteiger partial charge < -0.3 is 25.6 Å². The van der Waals surface area contributed by atoms with Gasteiger partial charge in [0.1, 0.15) is 18.1 Å². The Labute approximate surface area is 296 Å². The predicted octanol–water partition coefficient (Wildman–Crippen LogP) is 6.86. The van der Waals surface area contributed by atoms with Gasteiger partial charge in [0.2, 0.25) is 11.8 Å². The van der Waals surface area contributed by atoms with Crippen LogP contribution in [0.2, 0.25) is 0 Å². The lowest BCUT2D eigenvalue weighted by Crippen LogP contribution is -2.37. The number of phenols is 1. The van der Waals surface area contributed by atoms with Crippen LogP contribution in [-0.2, 0) is 33.8 Å². The molecule has 1 atom stereocenters. The van der Waals surface area contributed by atoms with Crippen molar-refractivity contribution in [2.75, 3.05) is 11.9 Å². The van der Waals surface area contributed by atoms with Crippen molar-refractivity contribution in [3.8, 4) is 22.9 Å². The van der Waals surface area contributed by atoms with Crippen molar-refractivity contribution in [3.05, 3.63) is 143 Å². The molecule has 260 valence electrons. The summed E-state index contributed by atoms with van der Waals surface area (Å²) in [6, 6.07) is 33.5. The van der Waals surface area contributed by atoms with Crippen LogP contribution in [0.15, 0.2) is 115 Å². The lowest BCUT2D eigenvalue weighted by molar-refractivity contribution is -0.145. The molecule has 0 spiro atoms. The molecule has 2 heterocycles. The van der Waals surface area contributed by atoms with E-state index in [2.05, 4.69) is 29.6 Å². The second-order valence-electron chi connectivity index (χ2n) is 12.4. The monoisotopic (exact) mass is 683 g/mol. The van der Waals surface area contributed by atoms with E-state index in [1.165, 1.54) is 0 Å². The molecule has 0 saturated carbocycles. The van der Waals surface area contributed by atoms with Crippen LogP contribution >= 0.6 is 0 Å². The largest absolute Gasteiger partial charge is 0.508 e. The van der Waals surface area contributed by atoms with Crippen LogP contribution in [0.25, 0.3) is 16.9 Å². The molecule has 0 saturated heterocycles. The number of hydrogen-bond donors (Lipinski definition) is 3. The van der Waals surface area contributed by atoms with Gasteiger partial charge in [-0.05, 0) is 59.5 Å². The van der Waals surface area contributed by atoms with Crippen LogP contribution in [0.3, 0.4) is 0 Å². The van der Waals surface area contributed by atoms with Crippen LogP contribution in [0.4, 0.5) is 5.69 Å². The Bertz CT molecular complexity index is 2060. The molecule has 10 heteroatoms. The van der Waals surface area contributed by atoms with Crippen molar-refractivity contribution in [2.45, 2.75) is 51.7 Å². The molecule has 6 rings (SSSR count). The van der Waals surface area contributed by atoms with E-state index in [0.29, 0.717) is 36.7 Å². The molecule has 0 aliphatic rings. The first-order chi connectivity index (χ1) is 24.9. The van der Waals surface area contributed by atoms with Gasteiger partial charge in [-0.15, -0.1) is 0 Å². The first kappa shape index (κ1) is 34.8. The molecular weight excluding hydrogens is 642 g/mol. The van der Waals surface area contributed by atoms with E-state index in [4.69, 9.17) is 25.2 Å². The molecule has 1 amide bonds. The molecule has 1 unspecified atom stereocenters. The number of nitrogens with zero attached hydrogens (tertiary/aromatic N) is 3. The number of nitrogens with two attached hydrogens (primary N) is 1. The van der Waals surface area contributed by atoms with E-state index in [9.17, 15) is 14.7 Å². The first-order valence-electron chi connectivity index (χ1n) is 17.1. The van der Waals surface area contributed by atoms with Gasteiger partial charge in [-0.3, -0.25) is 14.0 Å². The number of unbranched alkanes of at least 4 members (excludes halogenated alkanes) is 1. The molecule has 51 heavy (non-hydrogen) atoms. The zero-order chi connectivity index (χ0) is 35.6. The second-order valence-corrected chi connectivity index (χ2v) is 12.4. The second kappa shape index (κ2) is 16.6. The Morgan fingerprint density at radius 1 is 0.824 bits per heavy atom. The fourth-order valence-corrected chi connectivity index (χ4v) is 5.60. The van der Waals surface area contributed by atoms with E-state index in [-0.39, 0.29) is 18.8 Å². The number of anilines is 1. The number of fused-ring (bicyclic) bond motifs is 1. The number of amides is 1. The smallest absolute Gasteiger partial charge is 0.307 e. The molecule has 10 nitrogen and oxygen atoms in total. The molecule has 0 aliphatic heterocycles. The lowest BCUT2D eigenvalue weighted by atomic mass is 10.1. The summed E-state index contributed by atoms with van der Waals surface area (Å²) in [5.74, 6) is -0.181. The third kappa shape index (κ3) is 9.17. The highest BCUT2D eigenvalue weighted by Crippen LogP contribution is 2.30. The standard InChI is InChI=1S/C41H41N5O5/c1-2-3-22-50-38(48)25-34(42)40(49)43-32-18-14-30(15-19-32)27-51-41-36(24-29-12-8-5-9-13-29)45-39-35(23-28-10-6-4-7-11-28)44-37(26-46(39)41)31-16-20-33(47)21-17-31/h4-21,26,34,47H,2-3,22-25,27,42H2,1H3,(H,43,49). The Kier molecular flexibility index (Phi) is 11.3. The Morgan fingerprint density at radius 2 is 1.47 bits per heavy atom. The number of imidazole rings is 1. The summed E-state index contributed by atoms with van der Waals surface area (Å²) in [5, 5.41) is 12.7. The van der Waals surface area contributed by atoms with Gasteiger partial charge in [0, 0.05) is 30.3 Å². The average molecular weight is 684 g/mol. The van der Waals surface area contributed by atoms with Gasteiger partial charge >= 0.3 is 5.97 Å². The molecule has 4 aromatic carbocycles. The molecule has 0 bridgehead atoms. The maximum atomic E-state index is 12.6. The number of carbonyl (C=O) groups is 2. The van der Waals surface area contributed by atoms with Crippen LogP contribution < -0.4 is 15.8 Å². The normalized spacial score (nSPS) is 11.6. The van der Waals surface area contributed by atoms with Gasteiger partial charge in [0.15, 0.2) is 5.65 Å². The molecule has 0 radical (unpaired) electrons. The number of carbonyl (C=O) groups excluding carboxylic acids is 2. The number of esters is 1. The number of hydrogen-bond acceptors (Lipinski definition) is 8. The number of aromatic nitrogens is 3. The quantitative estimate of drug-likeness (QED) is 0.0788. The third-order valence-electron chi connectivity index (χ3n) is 8.37. The Morgan fingerprint density at radius 3 is 2.12 bits per heavy atom. The molecule has 6 aromatic rings. The summed E-state index contributed by atoms with van der Waals surface area (Å²) in [6.07, 6.45) is 4.52. The minimum atomic E-state index is -1.02. The maximum absolute atomic E-state index is 12.6. The number of aromatic hydroxyl groups is 1. The van der Waals surface area contributed by atoms with Crippen molar-refractivity contribution >= 4 is 23.2 Å². The molecule has 4 N–H and O–H groups in total. The maximum Gasteiger partial charge on any atom is 0.307 e. The number of phenolic OH excluding ortho intramolecular Hbond substituents is 1. The van der Waals surface area contributed by atoms with Crippen molar-refractivity contribution in [1.29, 1.82) is 0 Å². The topological polar surface area (TPSA) is 141 Å². The highest BCUT2D eigenvalue weighted by Gasteiger charge is 2.21. The van der Waals surface area contributed by atoms with Crippen LogP contribution in [0.5, 0.6) is 11.6 Å². The SMILES string of the molecule is CCCCOC(=O)CC(N)C(=O)Nc1ccc(COc2c(Cc3ccccc3)nc3c(Cc4ccccc4)nc(-c4ccc(O)cc4)cn23)cc1. The van der Waals surface area contributed by atoms with Crippen molar-refractivity contribution in [2.24, 2.45) is 5.73 Å². The van der Waals surface area contributed by atoms with E-state index < -0.39 is 17.9 Å². The van der Waals surface area contributed by atoms with E-state index >= 15 is 0 Å². The molecule has 0 fully saturated rings. The van der Waals surface area contributed by atoms with Gasteiger partial charge in [0.05, 0.1) is 30.5 Å². The Hall–Kier alpha value is -6.00. The third-order valence-corrected chi connectivity index (χ3v) is 8.37. The summed E-state index contributed by atoms with van der Waals surface area (Å²) >= 11 is 0. The minimum absolute atomic E-state index is 0.178. The molecular formula is C41H41N5O5. The van der Waals surface area contributed by atoms with Crippen molar-refractivity contribution in [1.82, 2.24) is 14.4 Å². The van der Waals surface area contributed by atoms with Crippen LogP contribution in [-0.4, -0.2) is 44.0 Å². The van der Waals surface area contributed by atoms with E-state index in [1.807, 2.05) is 78.2 Å². The number of rotatable bonds is 15. The highest BCUT2D eigenvalue weighted by atomic mass is 16.5. The lowest BCUT2D eigenvalue weighted by Gasteiger charge is -2.13. The zero-order valence-electron chi connectivity index (χ0n) is 28.5. The average Bonchev–Trinajstić information content (AvgIpc) is 3.49. The minimum Gasteiger partial charge on any atom is -0.508 e.